The molecule has 0 spiro atoms. The molecular weight excluding hydrogens is 508 g/mol. The van der Waals surface area contributed by atoms with Crippen molar-refractivity contribution in [3.63, 3.8) is 0 Å². The topological polar surface area (TPSA) is 116 Å². The third-order valence-corrected chi connectivity index (χ3v) is 7.45. The minimum atomic E-state index is -1.02. The van der Waals surface area contributed by atoms with Crippen LogP contribution in [0.4, 0.5) is 11.5 Å². The summed E-state index contributed by atoms with van der Waals surface area (Å²) in [6.07, 6.45) is 1.71. The van der Waals surface area contributed by atoms with Gasteiger partial charge in [-0.25, -0.2) is 9.78 Å². The number of anilines is 2. The van der Waals surface area contributed by atoms with Gasteiger partial charge in [-0.1, -0.05) is 18.2 Å². The molecule has 1 saturated heterocycles. The van der Waals surface area contributed by atoms with E-state index in [0.29, 0.717) is 59.7 Å². The standard InChI is InChI=1S/C31H32N4O5/c1-18-15-24(20(3)33-26-8-6-5-7-23(26)31(38)39)30-25(16-18)28(37)19(2)29(40-30)22-9-10-27(32-17-22)35-13-11-34(12-14-35)21(4)36/h5-10,15-17,20,33H,11-14H2,1-4H3,(H,38,39)/t20-/m1/s1. The van der Waals surface area contributed by atoms with Crippen molar-refractivity contribution >= 4 is 34.4 Å². The van der Waals surface area contributed by atoms with E-state index < -0.39 is 5.97 Å². The molecule has 9 nitrogen and oxygen atoms in total. The van der Waals surface area contributed by atoms with Crippen LogP contribution in [0.25, 0.3) is 22.3 Å². The highest BCUT2D eigenvalue weighted by Crippen LogP contribution is 2.33. The summed E-state index contributed by atoms with van der Waals surface area (Å²) in [5.41, 5.74) is 3.81. The molecule has 9 heteroatoms. The number of nitrogens with zero attached hydrogens (tertiary/aromatic N) is 3. The number of aryl methyl sites for hydroxylation is 1. The molecule has 0 radical (unpaired) electrons. The van der Waals surface area contributed by atoms with Gasteiger partial charge in [0.1, 0.15) is 17.2 Å². The maximum Gasteiger partial charge on any atom is 0.337 e. The predicted molar refractivity (Wildman–Crippen MR) is 155 cm³/mol. The average molecular weight is 541 g/mol. The van der Waals surface area contributed by atoms with E-state index in [9.17, 15) is 19.5 Å². The van der Waals surface area contributed by atoms with E-state index in [0.717, 1.165) is 16.9 Å². The van der Waals surface area contributed by atoms with Crippen LogP contribution in [0.2, 0.25) is 0 Å². The number of carbonyl (C=O) groups is 2. The van der Waals surface area contributed by atoms with E-state index in [1.165, 1.54) is 0 Å². The molecule has 5 rings (SSSR count). The van der Waals surface area contributed by atoms with Crippen LogP contribution in [0.15, 0.2) is 63.9 Å². The zero-order valence-electron chi connectivity index (χ0n) is 23.0. The highest BCUT2D eigenvalue weighted by atomic mass is 16.4. The molecule has 206 valence electrons. The number of aromatic nitrogens is 1. The normalized spacial score (nSPS) is 14.3. The number of fused-ring (bicyclic) bond motifs is 1. The van der Waals surface area contributed by atoms with E-state index in [-0.39, 0.29) is 22.9 Å². The highest BCUT2D eigenvalue weighted by molar-refractivity contribution is 5.94. The molecule has 1 aliphatic heterocycles. The Morgan fingerprint density at radius 1 is 1.05 bits per heavy atom. The monoisotopic (exact) mass is 540 g/mol. The van der Waals surface area contributed by atoms with Gasteiger partial charge in [-0.2, -0.15) is 0 Å². The summed E-state index contributed by atoms with van der Waals surface area (Å²) in [7, 11) is 0. The lowest BCUT2D eigenvalue weighted by Gasteiger charge is -2.34. The van der Waals surface area contributed by atoms with Crippen molar-refractivity contribution in [3.05, 3.63) is 87.2 Å². The lowest BCUT2D eigenvalue weighted by atomic mass is 9.98. The van der Waals surface area contributed by atoms with Gasteiger partial charge in [0, 0.05) is 61.7 Å². The average Bonchev–Trinajstić information content (AvgIpc) is 2.95. The zero-order chi connectivity index (χ0) is 28.6. The fourth-order valence-corrected chi connectivity index (χ4v) is 5.23. The van der Waals surface area contributed by atoms with Crippen molar-refractivity contribution in [1.82, 2.24) is 9.88 Å². The van der Waals surface area contributed by atoms with Crippen molar-refractivity contribution in [2.45, 2.75) is 33.7 Å². The number of carbonyl (C=O) groups excluding carboxylic acids is 1. The van der Waals surface area contributed by atoms with Crippen molar-refractivity contribution in [2.75, 3.05) is 36.4 Å². The first-order valence-electron chi connectivity index (χ1n) is 13.3. The number of nitrogens with one attached hydrogen (secondary N) is 1. The molecule has 2 aromatic heterocycles. The quantitative estimate of drug-likeness (QED) is 0.351. The number of pyridine rings is 1. The highest BCUT2D eigenvalue weighted by Gasteiger charge is 2.22. The van der Waals surface area contributed by atoms with Crippen LogP contribution in [0.1, 0.15) is 46.9 Å². The van der Waals surface area contributed by atoms with Crippen LogP contribution in [0.5, 0.6) is 0 Å². The molecule has 1 fully saturated rings. The van der Waals surface area contributed by atoms with Gasteiger partial charge in [-0.05, 0) is 56.7 Å². The van der Waals surface area contributed by atoms with Crippen molar-refractivity contribution < 1.29 is 19.1 Å². The van der Waals surface area contributed by atoms with Crippen LogP contribution in [0.3, 0.4) is 0 Å². The number of carboxylic acid groups (broad SMARTS) is 1. The number of benzene rings is 2. The predicted octanol–water partition coefficient (Wildman–Crippen LogP) is 5.01. The van der Waals surface area contributed by atoms with Crippen LogP contribution < -0.4 is 15.6 Å². The van der Waals surface area contributed by atoms with Gasteiger partial charge < -0.3 is 24.6 Å². The molecule has 0 aliphatic carbocycles. The minimum absolute atomic E-state index is 0.0786. The molecular formula is C31H32N4O5. The molecule has 1 aliphatic rings. The number of aromatic carboxylic acids is 1. The lowest BCUT2D eigenvalue weighted by molar-refractivity contribution is -0.129. The maximum atomic E-state index is 13.5. The van der Waals surface area contributed by atoms with Crippen LogP contribution in [0, 0.1) is 13.8 Å². The van der Waals surface area contributed by atoms with Gasteiger partial charge in [0.2, 0.25) is 5.91 Å². The Labute approximate surface area is 232 Å². The molecule has 40 heavy (non-hydrogen) atoms. The second-order valence-corrected chi connectivity index (χ2v) is 10.2. The summed E-state index contributed by atoms with van der Waals surface area (Å²) in [5.74, 6) is 0.306. The Kier molecular flexibility index (Phi) is 7.30. The number of para-hydroxylation sites is 1. The van der Waals surface area contributed by atoms with Gasteiger partial charge in [0.05, 0.1) is 17.0 Å². The van der Waals surface area contributed by atoms with Crippen LogP contribution in [-0.2, 0) is 4.79 Å². The molecule has 2 aromatic carbocycles. The Morgan fingerprint density at radius 3 is 2.42 bits per heavy atom. The van der Waals surface area contributed by atoms with Gasteiger partial charge in [0.25, 0.3) is 0 Å². The molecule has 4 aromatic rings. The molecule has 3 heterocycles. The first kappa shape index (κ1) is 26.9. The fourth-order valence-electron chi connectivity index (χ4n) is 5.23. The second-order valence-electron chi connectivity index (χ2n) is 10.2. The summed E-state index contributed by atoms with van der Waals surface area (Å²) in [5, 5.41) is 13.4. The van der Waals surface area contributed by atoms with Crippen molar-refractivity contribution in [1.29, 1.82) is 0 Å². The molecule has 0 unspecified atom stereocenters. The van der Waals surface area contributed by atoms with Gasteiger partial charge in [0.15, 0.2) is 5.43 Å². The Balaban J connectivity index is 1.50. The van der Waals surface area contributed by atoms with Crippen molar-refractivity contribution in [2.24, 2.45) is 0 Å². The van der Waals surface area contributed by atoms with Crippen LogP contribution in [-0.4, -0.2) is 53.0 Å². The molecule has 0 saturated carbocycles. The Morgan fingerprint density at radius 2 is 1.77 bits per heavy atom. The lowest BCUT2D eigenvalue weighted by Crippen LogP contribution is -2.48. The number of hydrogen-bond donors (Lipinski definition) is 2. The van der Waals surface area contributed by atoms with Gasteiger partial charge in [-0.3, -0.25) is 9.59 Å². The SMILES string of the molecule is CC(=O)N1CCN(c2ccc(-c3oc4c([C@@H](C)Nc5ccccc5C(=O)O)cc(C)cc4c(=O)c3C)cn2)CC1. The summed E-state index contributed by atoms with van der Waals surface area (Å²) >= 11 is 0. The van der Waals surface area contributed by atoms with Crippen molar-refractivity contribution in [3.8, 4) is 11.3 Å². The third kappa shape index (κ3) is 5.14. The van der Waals surface area contributed by atoms with E-state index in [1.54, 1.807) is 44.3 Å². The second kappa shape index (κ2) is 10.8. The van der Waals surface area contributed by atoms with Gasteiger partial charge in [-0.15, -0.1) is 0 Å². The van der Waals surface area contributed by atoms with E-state index >= 15 is 0 Å². The largest absolute Gasteiger partial charge is 0.478 e. The minimum Gasteiger partial charge on any atom is -0.478 e. The molecule has 1 atom stereocenters. The number of carboxylic acids is 1. The van der Waals surface area contributed by atoms with E-state index in [1.807, 2.05) is 43.0 Å². The van der Waals surface area contributed by atoms with E-state index in [4.69, 9.17) is 4.42 Å². The smallest absolute Gasteiger partial charge is 0.337 e. The summed E-state index contributed by atoms with van der Waals surface area (Å²) in [6, 6.07) is 14.0. The first-order chi connectivity index (χ1) is 19.1. The zero-order valence-corrected chi connectivity index (χ0v) is 23.0. The number of rotatable bonds is 6. The maximum absolute atomic E-state index is 13.5. The molecule has 0 bridgehead atoms. The number of amides is 1. The Bertz CT molecular complexity index is 1650. The molecule has 1 amide bonds. The first-order valence-corrected chi connectivity index (χ1v) is 13.3. The fraction of sp³-hybridized carbons (Fsp3) is 0.290. The van der Waals surface area contributed by atoms with Gasteiger partial charge >= 0.3 is 5.97 Å². The summed E-state index contributed by atoms with van der Waals surface area (Å²) in [6.45, 7) is 9.88. The Hall–Kier alpha value is -4.66. The van der Waals surface area contributed by atoms with E-state index in [2.05, 4.69) is 15.2 Å². The van der Waals surface area contributed by atoms with Crippen LogP contribution >= 0.6 is 0 Å². The molecule has 2 N–H and O–H groups in total. The summed E-state index contributed by atoms with van der Waals surface area (Å²) in [4.78, 5) is 45.5. The number of hydrogen-bond acceptors (Lipinski definition) is 7. The number of piperazine rings is 1. The third-order valence-electron chi connectivity index (χ3n) is 7.45. The summed E-state index contributed by atoms with van der Waals surface area (Å²) < 4.78 is 6.45.